The highest BCUT2D eigenvalue weighted by Crippen LogP contribution is 2.26. The topological polar surface area (TPSA) is 54.4 Å². The molecule has 0 radical (unpaired) electrons. The summed E-state index contributed by atoms with van der Waals surface area (Å²) in [4.78, 5) is 7.99. The van der Waals surface area contributed by atoms with Gasteiger partial charge in [-0.2, -0.15) is 0 Å². The zero-order valence-electron chi connectivity index (χ0n) is 10.6. The number of aliphatic hydroxyl groups is 1. The number of alkyl halides is 1. The number of rotatable bonds is 7. The predicted octanol–water partition coefficient (Wildman–Crippen LogP) is 3.03. The maximum absolute atomic E-state index is 9.32. The number of nitrogens with one attached hydrogen (secondary N) is 1. The fraction of sp³-hybridized carbons (Fsp3) is 0.308. The van der Waals surface area contributed by atoms with Gasteiger partial charge in [-0.05, 0) is 36.0 Å². The Morgan fingerprint density at radius 2 is 2.10 bits per heavy atom. The molecule has 2 N–H and O–H groups in total. The second kappa shape index (κ2) is 7.81. The van der Waals surface area contributed by atoms with Crippen molar-refractivity contribution in [1.82, 2.24) is 9.82 Å². The van der Waals surface area contributed by atoms with Crippen LogP contribution in [0.3, 0.4) is 0 Å². The summed E-state index contributed by atoms with van der Waals surface area (Å²) in [7, 11) is 0. The van der Waals surface area contributed by atoms with Crippen molar-refractivity contribution in [2.24, 2.45) is 0 Å². The molecule has 2 rings (SSSR count). The monoisotopic (exact) mass is 332 g/mol. The Morgan fingerprint density at radius 3 is 2.75 bits per heavy atom. The number of nitrogens with zero attached hydrogens (tertiary/aromatic N) is 1. The van der Waals surface area contributed by atoms with Crippen molar-refractivity contribution in [1.29, 1.82) is 0 Å². The first-order valence-electron chi connectivity index (χ1n) is 5.98. The summed E-state index contributed by atoms with van der Waals surface area (Å²) in [5.41, 5.74) is 1.01. The van der Waals surface area contributed by atoms with Crippen molar-refractivity contribution >= 4 is 34.7 Å². The van der Waals surface area contributed by atoms with Gasteiger partial charge in [0.1, 0.15) is 23.5 Å². The minimum absolute atomic E-state index is 0.161. The van der Waals surface area contributed by atoms with Crippen molar-refractivity contribution in [2.45, 2.75) is 12.6 Å². The van der Waals surface area contributed by atoms with Gasteiger partial charge in [0.2, 0.25) is 0 Å². The Bertz CT molecular complexity index is 533. The van der Waals surface area contributed by atoms with Crippen molar-refractivity contribution in [2.75, 3.05) is 12.5 Å². The molecule has 0 fully saturated rings. The summed E-state index contributed by atoms with van der Waals surface area (Å²) >= 11 is 12.5. The first-order chi connectivity index (χ1) is 9.72. The quantitative estimate of drug-likeness (QED) is 0.604. The van der Waals surface area contributed by atoms with E-state index in [9.17, 15) is 5.11 Å². The molecule has 0 saturated carbocycles. The number of aliphatic hydroxyl groups excluding tert-OH is 1. The molecule has 1 atom stereocenters. The zero-order chi connectivity index (χ0) is 14.4. The van der Waals surface area contributed by atoms with E-state index >= 15 is 0 Å². The second-order valence-electron chi connectivity index (χ2n) is 4.09. The normalized spacial score (nSPS) is 12.3. The Hall–Kier alpha value is -0.850. The number of halogens is 2. The van der Waals surface area contributed by atoms with Crippen LogP contribution in [0, 0.1) is 0 Å². The molecule has 1 aromatic carbocycles. The first kappa shape index (κ1) is 15.5. The van der Waals surface area contributed by atoms with E-state index < -0.39 is 6.10 Å². The smallest absolute Gasteiger partial charge is 0.123 e. The van der Waals surface area contributed by atoms with Crippen molar-refractivity contribution in [3.05, 3.63) is 35.3 Å². The van der Waals surface area contributed by atoms with Gasteiger partial charge in [0, 0.05) is 23.2 Å². The van der Waals surface area contributed by atoms with E-state index in [1.54, 1.807) is 17.5 Å². The van der Waals surface area contributed by atoms with Crippen LogP contribution in [-0.4, -0.2) is 28.7 Å². The van der Waals surface area contributed by atoms with Crippen LogP contribution in [0.2, 0.25) is 0 Å². The highest BCUT2D eigenvalue weighted by Gasteiger charge is 2.06. The van der Waals surface area contributed by atoms with Gasteiger partial charge in [-0.3, -0.25) is 0 Å². The minimum Gasteiger partial charge on any atom is -0.491 e. The Kier molecular flexibility index (Phi) is 6.06. The molecular formula is C13H14Cl2N2O2S. The molecule has 20 heavy (non-hydrogen) atoms. The third-order valence-corrected chi connectivity index (χ3v) is 4.05. The van der Waals surface area contributed by atoms with Crippen molar-refractivity contribution in [3.63, 3.8) is 0 Å². The van der Waals surface area contributed by atoms with E-state index in [4.69, 9.17) is 28.1 Å². The minimum atomic E-state index is -0.652. The van der Waals surface area contributed by atoms with E-state index in [-0.39, 0.29) is 12.5 Å². The SMILES string of the molecule is OC(CCl)COc1ccc(-c2ncc(CNCl)s2)cc1. The third kappa shape index (κ3) is 4.33. The molecule has 108 valence electrons. The van der Waals surface area contributed by atoms with Crippen LogP contribution in [-0.2, 0) is 6.54 Å². The average molecular weight is 333 g/mol. The van der Waals surface area contributed by atoms with Crippen molar-refractivity contribution in [3.8, 4) is 16.3 Å². The van der Waals surface area contributed by atoms with Crippen LogP contribution in [0.4, 0.5) is 0 Å². The number of thiazole rings is 1. The summed E-state index contributed by atoms with van der Waals surface area (Å²) in [6.07, 6.45) is 1.15. The lowest BCUT2D eigenvalue weighted by atomic mass is 10.2. The van der Waals surface area contributed by atoms with Gasteiger partial charge in [-0.1, -0.05) is 0 Å². The van der Waals surface area contributed by atoms with Gasteiger partial charge in [0.15, 0.2) is 0 Å². The molecule has 4 nitrogen and oxygen atoms in total. The van der Waals surface area contributed by atoms with Crippen molar-refractivity contribution < 1.29 is 9.84 Å². The molecule has 0 aliphatic carbocycles. The van der Waals surface area contributed by atoms with E-state index in [1.807, 2.05) is 24.3 Å². The summed E-state index contributed by atoms with van der Waals surface area (Å²) < 4.78 is 5.41. The van der Waals surface area contributed by atoms with Crippen LogP contribution < -0.4 is 9.57 Å². The second-order valence-corrected chi connectivity index (χ2v) is 5.78. The molecule has 0 spiro atoms. The molecular weight excluding hydrogens is 319 g/mol. The molecule has 0 aliphatic heterocycles. The van der Waals surface area contributed by atoms with Gasteiger partial charge in [-0.25, -0.2) is 9.82 Å². The van der Waals surface area contributed by atoms with E-state index in [2.05, 4.69) is 9.82 Å². The Balaban J connectivity index is 1.99. The number of benzene rings is 1. The molecule has 0 aliphatic rings. The van der Waals surface area contributed by atoms with Gasteiger partial charge >= 0.3 is 0 Å². The largest absolute Gasteiger partial charge is 0.491 e. The number of hydrogen-bond acceptors (Lipinski definition) is 5. The van der Waals surface area contributed by atoms with Crippen LogP contribution in [0.1, 0.15) is 4.88 Å². The zero-order valence-corrected chi connectivity index (χ0v) is 12.9. The van der Waals surface area contributed by atoms with Gasteiger partial charge in [0.05, 0.1) is 5.88 Å². The highest BCUT2D eigenvalue weighted by atomic mass is 35.5. The molecule has 1 aromatic heterocycles. The Morgan fingerprint density at radius 1 is 1.35 bits per heavy atom. The first-order valence-corrected chi connectivity index (χ1v) is 7.71. The summed E-state index contributed by atoms with van der Waals surface area (Å²) in [6, 6.07) is 7.55. The fourth-order valence-corrected chi connectivity index (χ4v) is 2.69. The molecule has 0 saturated heterocycles. The average Bonchev–Trinajstić information content (AvgIpc) is 2.94. The summed E-state index contributed by atoms with van der Waals surface area (Å²) in [5.74, 6) is 0.853. The number of aromatic nitrogens is 1. The molecule has 0 amide bonds. The maximum Gasteiger partial charge on any atom is 0.123 e. The molecule has 0 bridgehead atoms. The molecule has 7 heteroatoms. The molecule has 2 aromatic rings. The number of hydrogen-bond donors (Lipinski definition) is 2. The van der Waals surface area contributed by atoms with E-state index in [0.29, 0.717) is 12.3 Å². The van der Waals surface area contributed by atoms with E-state index in [0.717, 1.165) is 15.4 Å². The van der Waals surface area contributed by atoms with Gasteiger partial charge in [0.25, 0.3) is 0 Å². The summed E-state index contributed by atoms with van der Waals surface area (Å²) in [6.45, 7) is 0.780. The van der Waals surface area contributed by atoms with Gasteiger partial charge < -0.3 is 9.84 Å². The standard InChI is InChI=1S/C13H14Cl2N2O2S/c14-5-10(18)8-19-11-3-1-9(2-4-11)13-16-6-12(20-13)7-17-15/h1-4,6,10,17-18H,5,7-8H2. The van der Waals surface area contributed by atoms with Gasteiger partial charge in [-0.15, -0.1) is 22.9 Å². The van der Waals surface area contributed by atoms with Crippen LogP contribution >= 0.6 is 34.7 Å². The fourth-order valence-electron chi connectivity index (χ4n) is 1.52. The summed E-state index contributed by atoms with van der Waals surface area (Å²) in [5, 5.41) is 10.3. The highest BCUT2D eigenvalue weighted by molar-refractivity contribution is 7.15. The number of ether oxygens (including phenoxy) is 1. The van der Waals surface area contributed by atoms with Crippen LogP contribution in [0.15, 0.2) is 30.5 Å². The van der Waals surface area contributed by atoms with E-state index in [1.165, 1.54) is 0 Å². The lowest BCUT2D eigenvalue weighted by Crippen LogP contribution is -2.18. The maximum atomic E-state index is 9.32. The predicted molar refractivity (Wildman–Crippen MR) is 82.5 cm³/mol. The third-order valence-electron chi connectivity index (χ3n) is 2.52. The molecule has 1 heterocycles. The van der Waals surface area contributed by atoms with Crippen LogP contribution in [0.5, 0.6) is 5.75 Å². The lowest BCUT2D eigenvalue weighted by molar-refractivity contribution is 0.125. The van der Waals surface area contributed by atoms with Crippen LogP contribution in [0.25, 0.3) is 10.6 Å². The Labute approximate surface area is 131 Å². The lowest BCUT2D eigenvalue weighted by Gasteiger charge is -2.09. The molecule has 1 unspecified atom stereocenters.